The Bertz CT molecular complexity index is 350. The Hall–Kier alpha value is -0.346. The molecule has 0 saturated heterocycles. The first-order valence-corrected chi connectivity index (χ1v) is 11.8. The summed E-state index contributed by atoms with van der Waals surface area (Å²) in [7, 11) is 0.401. The minimum Gasteiger partial charge on any atom is -0.0698 e. The molecule has 0 nitrogen and oxygen atoms in total. The van der Waals surface area contributed by atoms with Crippen LogP contribution in [0.4, 0.5) is 0 Å². The van der Waals surface area contributed by atoms with E-state index in [-0.39, 0.29) is 0 Å². The molecule has 0 amide bonds. The molecule has 1 aromatic carbocycles. The summed E-state index contributed by atoms with van der Waals surface area (Å²) in [6, 6.07) is 8.34. The second-order valence-corrected chi connectivity index (χ2v) is 13.8. The van der Waals surface area contributed by atoms with Gasteiger partial charge in [0.2, 0.25) is 0 Å². The molecule has 17 heavy (non-hydrogen) atoms. The van der Waals surface area contributed by atoms with E-state index in [9.17, 15) is 0 Å². The van der Waals surface area contributed by atoms with Crippen molar-refractivity contribution < 1.29 is 0 Å². The molecule has 2 heteroatoms. The molecule has 0 N–H and O–H groups in total. The first kappa shape index (κ1) is 14.7. The van der Waals surface area contributed by atoms with Crippen LogP contribution in [0.1, 0.15) is 23.1 Å². The van der Waals surface area contributed by atoms with Gasteiger partial charge >= 0.3 is 0 Å². The lowest BCUT2D eigenvalue weighted by Gasteiger charge is -2.14. The fourth-order valence-electron chi connectivity index (χ4n) is 1.84. The minimum atomic E-state index is -0.791. The van der Waals surface area contributed by atoms with Crippen LogP contribution in [-0.2, 0) is 6.42 Å². The fraction of sp³-hybridized carbons (Fsp3) is 0.600. The van der Waals surface area contributed by atoms with Gasteiger partial charge in [0.25, 0.3) is 0 Å². The van der Waals surface area contributed by atoms with Crippen LogP contribution in [0.2, 0.25) is 31.4 Å². The van der Waals surface area contributed by atoms with Crippen LogP contribution in [-0.4, -0.2) is 17.6 Å². The summed E-state index contributed by atoms with van der Waals surface area (Å²) in [6.45, 7) is 11.8. The number of benzene rings is 1. The van der Waals surface area contributed by atoms with Crippen molar-refractivity contribution in [3.05, 3.63) is 34.9 Å². The number of hydrogen-bond donors (Lipinski definition) is 0. The monoisotopic (exact) mass is 262 g/mol. The highest BCUT2D eigenvalue weighted by atomic mass is 28.4. The van der Waals surface area contributed by atoms with Gasteiger partial charge in [0, 0.05) is 17.6 Å². The van der Waals surface area contributed by atoms with E-state index in [2.05, 4.69) is 51.7 Å². The zero-order valence-corrected chi connectivity index (χ0v) is 14.1. The van der Waals surface area contributed by atoms with E-state index < -0.39 is 8.07 Å². The van der Waals surface area contributed by atoms with Gasteiger partial charge in [-0.1, -0.05) is 56.0 Å². The summed E-state index contributed by atoms with van der Waals surface area (Å²) >= 11 is 0. The highest BCUT2D eigenvalue weighted by molar-refractivity contribution is 6.83. The molecule has 0 saturated carbocycles. The molecule has 0 heterocycles. The summed E-state index contributed by atoms with van der Waals surface area (Å²) in [5, 5.41) is 0. The van der Waals surface area contributed by atoms with E-state index in [1.165, 1.54) is 50.8 Å². The van der Waals surface area contributed by atoms with Crippen LogP contribution >= 0.6 is 0 Å². The van der Waals surface area contributed by atoms with Crippen molar-refractivity contribution >= 4 is 17.6 Å². The van der Waals surface area contributed by atoms with E-state index in [1.54, 1.807) is 0 Å². The van der Waals surface area contributed by atoms with Gasteiger partial charge < -0.3 is 0 Å². The van der Waals surface area contributed by atoms with Crippen molar-refractivity contribution in [2.24, 2.45) is 0 Å². The van der Waals surface area contributed by atoms with Crippen molar-refractivity contribution in [3.8, 4) is 0 Å². The van der Waals surface area contributed by atoms with Crippen LogP contribution < -0.4 is 0 Å². The lowest BCUT2D eigenvalue weighted by atomic mass is 10.0. The maximum absolute atomic E-state index is 2.48. The van der Waals surface area contributed by atoms with Crippen LogP contribution in [0, 0.1) is 13.8 Å². The molecule has 0 atom stereocenters. The summed E-state index contributed by atoms with van der Waals surface area (Å²) < 4.78 is 0. The highest BCUT2D eigenvalue weighted by Gasteiger charge is 2.11. The van der Waals surface area contributed by atoms with Gasteiger partial charge in [-0.25, -0.2) is 0 Å². The van der Waals surface area contributed by atoms with E-state index in [0.717, 1.165) is 0 Å². The Balaban J connectivity index is 2.25. The molecule has 0 unspecified atom stereocenters. The van der Waals surface area contributed by atoms with Gasteiger partial charge in [0.15, 0.2) is 0 Å². The fourth-order valence-corrected chi connectivity index (χ4v) is 5.97. The third-order valence-corrected chi connectivity index (χ3v) is 9.00. The Morgan fingerprint density at radius 3 is 2.35 bits per heavy atom. The van der Waals surface area contributed by atoms with Crippen molar-refractivity contribution in [1.29, 1.82) is 0 Å². The van der Waals surface area contributed by atoms with E-state index in [1.807, 2.05) is 0 Å². The predicted octanol–water partition coefficient (Wildman–Crippen LogP) is 4.65. The standard InChI is InChI=1S/C15H26Si2/c1-13-8-9-15(11-14(13)2)7-6-10-16-12-17(3,4)5/h8-9,11H,6-7,10,12H2,1-5H3. The van der Waals surface area contributed by atoms with E-state index >= 15 is 0 Å². The molecule has 0 aliphatic carbocycles. The summed E-state index contributed by atoms with van der Waals surface area (Å²) in [5.41, 5.74) is 5.88. The second kappa shape index (κ2) is 6.55. The van der Waals surface area contributed by atoms with Gasteiger partial charge in [0.1, 0.15) is 0 Å². The zero-order valence-electron chi connectivity index (χ0n) is 12.1. The Morgan fingerprint density at radius 2 is 1.76 bits per heavy atom. The first-order valence-electron chi connectivity index (χ1n) is 6.65. The highest BCUT2D eigenvalue weighted by Crippen LogP contribution is 2.13. The third kappa shape index (κ3) is 6.22. The average molecular weight is 263 g/mol. The van der Waals surface area contributed by atoms with Gasteiger partial charge in [-0.05, 0) is 37.0 Å². The topological polar surface area (TPSA) is 0 Å². The van der Waals surface area contributed by atoms with E-state index in [0.29, 0.717) is 0 Å². The SMILES string of the molecule is Cc1ccc(CCC[Si]C[Si](C)(C)C)cc1C. The van der Waals surface area contributed by atoms with Crippen molar-refractivity contribution in [3.63, 3.8) is 0 Å². The largest absolute Gasteiger partial charge is 0.0698 e. The smallest absolute Gasteiger partial charge is 0.0412 e. The summed E-state index contributed by atoms with van der Waals surface area (Å²) in [6.07, 6.45) is 2.63. The maximum atomic E-state index is 2.48. The molecule has 1 aromatic rings. The molecule has 0 bridgehead atoms. The van der Waals surface area contributed by atoms with Crippen LogP contribution in [0.25, 0.3) is 0 Å². The quantitative estimate of drug-likeness (QED) is 0.517. The predicted molar refractivity (Wildman–Crippen MR) is 83.0 cm³/mol. The van der Waals surface area contributed by atoms with Crippen LogP contribution in [0.3, 0.4) is 0 Å². The minimum absolute atomic E-state index is 0.791. The Kier molecular flexibility index (Phi) is 5.67. The molecule has 94 valence electrons. The molecule has 1 rings (SSSR count). The average Bonchev–Trinajstić information content (AvgIpc) is 2.21. The van der Waals surface area contributed by atoms with Crippen molar-refractivity contribution in [2.45, 2.75) is 58.0 Å². The molecule has 0 fully saturated rings. The van der Waals surface area contributed by atoms with Gasteiger partial charge in [-0.3, -0.25) is 0 Å². The zero-order chi connectivity index (χ0) is 12.9. The van der Waals surface area contributed by atoms with Gasteiger partial charge in [-0.15, -0.1) is 0 Å². The van der Waals surface area contributed by atoms with Crippen molar-refractivity contribution in [1.82, 2.24) is 0 Å². The molecule has 2 radical (unpaired) electrons. The number of rotatable bonds is 6. The Morgan fingerprint density at radius 1 is 1.06 bits per heavy atom. The molecule has 0 aliphatic heterocycles. The number of aryl methyl sites for hydroxylation is 3. The van der Waals surface area contributed by atoms with Crippen molar-refractivity contribution in [2.75, 3.05) is 0 Å². The molecule has 0 spiro atoms. The summed E-state index contributed by atoms with van der Waals surface area (Å²) in [5.74, 6) is 0. The van der Waals surface area contributed by atoms with Crippen LogP contribution in [0.15, 0.2) is 18.2 Å². The van der Waals surface area contributed by atoms with Gasteiger partial charge in [0.05, 0.1) is 0 Å². The summed E-state index contributed by atoms with van der Waals surface area (Å²) in [4.78, 5) is 0. The van der Waals surface area contributed by atoms with E-state index in [4.69, 9.17) is 0 Å². The first-order chi connectivity index (χ1) is 7.88. The second-order valence-electron chi connectivity index (χ2n) is 6.26. The molecular weight excluding hydrogens is 236 g/mol. The molecular formula is C15H26Si2. The van der Waals surface area contributed by atoms with Crippen LogP contribution in [0.5, 0.6) is 0 Å². The lowest BCUT2D eigenvalue weighted by Crippen LogP contribution is -2.22. The third-order valence-electron chi connectivity index (χ3n) is 3.05. The number of hydrogen-bond acceptors (Lipinski definition) is 0. The molecule has 0 aromatic heterocycles. The van der Waals surface area contributed by atoms with Gasteiger partial charge in [-0.2, -0.15) is 0 Å². The Labute approximate surface area is 111 Å². The maximum Gasteiger partial charge on any atom is 0.0412 e. The normalized spacial score (nSPS) is 11.8. The molecule has 0 aliphatic rings. The lowest BCUT2D eigenvalue weighted by molar-refractivity contribution is 0.911.